The van der Waals surface area contributed by atoms with Gasteiger partial charge in [0.25, 0.3) is 0 Å². The van der Waals surface area contributed by atoms with Gasteiger partial charge >= 0.3 is 11.9 Å². The van der Waals surface area contributed by atoms with Crippen molar-refractivity contribution in [2.75, 3.05) is 13.1 Å². The highest BCUT2D eigenvalue weighted by atomic mass is 19.4. The SMILES string of the molecule is O=C(N1CCC(n2nc(-c3cccc(C(F)(F)F)c3)oc2=O)CC1)C1(c2ccccc2)CC1. The molecule has 1 amide bonds. The zero-order valence-corrected chi connectivity index (χ0v) is 17.7. The number of piperidine rings is 1. The van der Waals surface area contributed by atoms with Crippen LogP contribution in [0.3, 0.4) is 0 Å². The normalized spacial score (nSPS) is 18.3. The second-order valence-corrected chi connectivity index (χ2v) is 8.67. The third kappa shape index (κ3) is 3.96. The van der Waals surface area contributed by atoms with E-state index in [1.807, 2.05) is 35.2 Å². The van der Waals surface area contributed by atoms with Crippen LogP contribution in [0.4, 0.5) is 13.2 Å². The summed E-state index contributed by atoms with van der Waals surface area (Å²) in [7, 11) is 0. The van der Waals surface area contributed by atoms with Gasteiger partial charge in [-0.05, 0) is 49.4 Å². The molecule has 2 aliphatic rings. The average molecular weight is 457 g/mol. The van der Waals surface area contributed by atoms with Crippen LogP contribution in [0, 0.1) is 0 Å². The molecule has 2 fully saturated rings. The first-order chi connectivity index (χ1) is 15.8. The highest BCUT2D eigenvalue weighted by Gasteiger charge is 2.53. The van der Waals surface area contributed by atoms with Crippen LogP contribution >= 0.6 is 0 Å². The third-order valence-electron chi connectivity index (χ3n) is 6.59. The van der Waals surface area contributed by atoms with Crippen molar-refractivity contribution in [1.29, 1.82) is 0 Å². The molecule has 1 aromatic heterocycles. The second kappa shape index (κ2) is 7.90. The largest absolute Gasteiger partial charge is 0.437 e. The average Bonchev–Trinajstić information content (AvgIpc) is 3.55. The Balaban J connectivity index is 1.29. The third-order valence-corrected chi connectivity index (χ3v) is 6.59. The number of rotatable bonds is 4. The van der Waals surface area contributed by atoms with E-state index in [2.05, 4.69) is 5.10 Å². The highest BCUT2D eigenvalue weighted by Crippen LogP contribution is 2.50. The predicted octanol–water partition coefficient (Wildman–Crippen LogP) is 4.42. The molecular weight excluding hydrogens is 435 g/mol. The molecule has 0 radical (unpaired) electrons. The number of hydrogen-bond donors (Lipinski definition) is 0. The van der Waals surface area contributed by atoms with E-state index in [1.165, 1.54) is 16.8 Å². The molecule has 0 unspecified atom stereocenters. The molecule has 2 aromatic carbocycles. The molecule has 1 saturated carbocycles. The lowest BCUT2D eigenvalue weighted by Gasteiger charge is -2.34. The number of carbonyl (C=O) groups is 1. The van der Waals surface area contributed by atoms with Gasteiger partial charge in [0, 0.05) is 18.7 Å². The summed E-state index contributed by atoms with van der Waals surface area (Å²) in [5.74, 6) is -0.745. The van der Waals surface area contributed by atoms with E-state index < -0.39 is 22.9 Å². The molecule has 1 saturated heterocycles. The molecule has 0 spiro atoms. The molecule has 1 aliphatic carbocycles. The van der Waals surface area contributed by atoms with Crippen molar-refractivity contribution in [2.45, 2.75) is 43.3 Å². The summed E-state index contributed by atoms with van der Waals surface area (Å²) >= 11 is 0. The number of nitrogens with zero attached hydrogens (tertiary/aromatic N) is 3. The lowest BCUT2D eigenvalue weighted by molar-refractivity contribution is -0.137. The van der Waals surface area contributed by atoms with Gasteiger partial charge in [-0.25, -0.2) is 4.79 Å². The van der Waals surface area contributed by atoms with Gasteiger partial charge in [-0.15, -0.1) is 5.10 Å². The number of likely N-dealkylation sites (tertiary alicyclic amines) is 1. The molecule has 0 atom stereocenters. The molecule has 9 heteroatoms. The number of amides is 1. The number of halogens is 3. The van der Waals surface area contributed by atoms with Gasteiger partial charge in [-0.1, -0.05) is 36.4 Å². The summed E-state index contributed by atoms with van der Waals surface area (Å²) in [5.41, 5.74) is -0.144. The number of aromatic nitrogens is 2. The summed E-state index contributed by atoms with van der Waals surface area (Å²) in [4.78, 5) is 27.5. The zero-order chi connectivity index (χ0) is 23.2. The molecule has 3 aromatic rings. The van der Waals surface area contributed by atoms with E-state index >= 15 is 0 Å². The van der Waals surface area contributed by atoms with Crippen LogP contribution in [0.25, 0.3) is 11.5 Å². The van der Waals surface area contributed by atoms with E-state index in [0.717, 1.165) is 30.5 Å². The van der Waals surface area contributed by atoms with Gasteiger partial charge in [0.05, 0.1) is 17.0 Å². The predicted molar refractivity (Wildman–Crippen MR) is 113 cm³/mol. The molecule has 33 heavy (non-hydrogen) atoms. The zero-order valence-electron chi connectivity index (χ0n) is 17.7. The molecule has 172 valence electrons. The number of alkyl halides is 3. The minimum absolute atomic E-state index is 0.0897. The standard InChI is InChI=1S/C24H22F3N3O3/c25-24(26,27)18-8-4-5-16(15-18)20-28-30(22(32)33-20)19-9-13-29(14-10-19)21(31)23(11-12-23)17-6-2-1-3-7-17/h1-8,15,19H,9-14H2. The Kier molecular flexibility index (Phi) is 5.14. The lowest BCUT2D eigenvalue weighted by Crippen LogP contribution is -2.45. The maximum absolute atomic E-state index is 13.2. The van der Waals surface area contributed by atoms with Crippen LogP contribution in [0.5, 0.6) is 0 Å². The quantitative estimate of drug-likeness (QED) is 0.582. The monoisotopic (exact) mass is 457 g/mol. The topological polar surface area (TPSA) is 68.3 Å². The maximum atomic E-state index is 13.2. The van der Waals surface area contributed by atoms with E-state index in [1.54, 1.807) is 0 Å². The smallest absolute Gasteiger partial charge is 0.388 e. The van der Waals surface area contributed by atoms with Crippen molar-refractivity contribution >= 4 is 5.91 Å². The summed E-state index contributed by atoms with van der Waals surface area (Å²) in [6, 6.07) is 14.0. The molecule has 0 N–H and O–H groups in total. The van der Waals surface area contributed by atoms with Crippen LogP contribution in [0.15, 0.2) is 63.8 Å². The van der Waals surface area contributed by atoms with Crippen molar-refractivity contribution in [2.24, 2.45) is 0 Å². The van der Waals surface area contributed by atoms with Crippen molar-refractivity contribution in [1.82, 2.24) is 14.7 Å². The Hall–Kier alpha value is -3.36. The van der Waals surface area contributed by atoms with Crippen LogP contribution in [0.1, 0.15) is 42.9 Å². The van der Waals surface area contributed by atoms with Crippen LogP contribution in [-0.4, -0.2) is 33.7 Å². The van der Waals surface area contributed by atoms with Crippen molar-refractivity contribution < 1.29 is 22.4 Å². The van der Waals surface area contributed by atoms with Crippen molar-refractivity contribution in [3.05, 3.63) is 76.3 Å². The molecule has 6 nitrogen and oxygen atoms in total. The Bertz CT molecular complexity index is 1220. The Morgan fingerprint density at radius 1 is 1.03 bits per heavy atom. The van der Waals surface area contributed by atoms with E-state index in [0.29, 0.717) is 25.9 Å². The minimum Gasteiger partial charge on any atom is -0.388 e. The summed E-state index contributed by atoms with van der Waals surface area (Å²) in [6.07, 6.45) is -1.80. The van der Waals surface area contributed by atoms with Gasteiger partial charge in [-0.3, -0.25) is 4.79 Å². The van der Waals surface area contributed by atoms with Gasteiger partial charge in [0.15, 0.2) is 0 Å². The van der Waals surface area contributed by atoms with Gasteiger partial charge < -0.3 is 9.32 Å². The first-order valence-electron chi connectivity index (χ1n) is 10.9. The highest BCUT2D eigenvalue weighted by molar-refractivity contribution is 5.91. The molecule has 2 heterocycles. The molecule has 1 aliphatic heterocycles. The van der Waals surface area contributed by atoms with Crippen molar-refractivity contribution in [3.8, 4) is 11.5 Å². The number of benzene rings is 2. The van der Waals surface area contributed by atoms with Gasteiger partial charge in [0.2, 0.25) is 11.8 Å². The Morgan fingerprint density at radius 2 is 1.73 bits per heavy atom. The second-order valence-electron chi connectivity index (χ2n) is 8.67. The van der Waals surface area contributed by atoms with Gasteiger partial charge in [0.1, 0.15) is 0 Å². The fraction of sp³-hybridized carbons (Fsp3) is 0.375. The fourth-order valence-corrected chi connectivity index (χ4v) is 4.59. The fourth-order valence-electron chi connectivity index (χ4n) is 4.59. The van der Waals surface area contributed by atoms with Crippen LogP contribution in [-0.2, 0) is 16.4 Å². The first kappa shape index (κ1) is 21.5. The lowest BCUT2D eigenvalue weighted by atomic mass is 9.93. The first-order valence-corrected chi connectivity index (χ1v) is 10.9. The number of carbonyl (C=O) groups excluding carboxylic acids is 1. The Labute approximate surface area is 187 Å². The van der Waals surface area contributed by atoms with E-state index in [9.17, 15) is 22.8 Å². The number of hydrogen-bond acceptors (Lipinski definition) is 4. The van der Waals surface area contributed by atoms with E-state index in [-0.39, 0.29) is 23.4 Å². The molecule has 5 rings (SSSR count). The van der Waals surface area contributed by atoms with Crippen molar-refractivity contribution in [3.63, 3.8) is 0 Å². The Morgan fingerprint density at radius 3 is 2.36 bits per heavy atom. The van der Waals surface area contributed by atoms with E-state index in [4.69, 9.17) is 4.42 Å². The molecular formula is C24H22F3N3O3. The molecule has 0 bridgehead atoms. The van der Waals surface area contributed by atoms with Crippen LogP contribution < -0.4 is 5.76 Å². The summed E-state index contributed by atoms with van der Waals surface area (Å²) in [5, 5.41) is 4.17. The maximum Gasteiger partial charge on any atom is 0.437 e. The van der Waals surface area contributed by atoms with Crippen LogP contribution in [0.2, 0.25) is 0 Å². The minimum atomic E-state index is -4.50. The van der Waals surface area contributed by atoms with Gasteiger partial charge in [-0.2, -0.15) is 17.9 Å². The summed E-state index contributed by atoms with van der Waals surface area (Å²) in [6.45, 7) is 0.965. The summed E-state index contributed by atoms with van der Waals surface area (Å²) < 4.78 is 45.4.